The summed E-state index contributed by atoms with van der Waals surface area (Å²) in [5.74, 6) is 0.860. The third-order valence-electron chi connectivity index (χ3n) is 4.63. The van der Waals surface area contributed by atoms with E-state index in [0.29, 0.717) is 12.8 Å². The van der Waals surface area contributed by atoms with Crippen LogP contribution in [0.1, 0.15) is 31.9 Å². The van der Waals surface area contributed by atoms with Crippen molar-refractivity contribution in [3.05, 3.63) is 54.4 Å². The molecule has 2 aromatic rings. The summed E-state index contributed by atoms with van der Waals surface area (Å²) in [5, 5.41) is 2.96. The molecule has 4 heteroatoms. The molecular weight excluding hydrogens is 298 g/mol. The smallest absolute Gasteiger partial charge is 0.224 e. The van der Waals surface area contributed by atoms with E-state index in [0.717, 1.165) is 30.4 Å². The Hall–Kier alpha value is -2.36. The first kappa shape index (κ1) is 16.5. The lowest BCUT2D eigenvalue weighted by Gasteiger charge is -2.32. The Morgan fingerprint density at radius 2 is 1.92 bits per heavy atom. The Labute approximate surface area is 143 Å². The molecule has 24 heavy (non-hydrogen) atoms. The van der Waals surface area contributed by atoms with Gasteiger partial charge in [0.25, 0.3) is 0 Å². The topological polar surface area (TPSA) is 45.2 Å². The number of nitrogens with one attached hydrogen (secondary N) is 1. The Bertz CT molecular complexity index is 646. The lowest BCUT2D eigenvalue weighted by molar-refractivity contribution is -0.116. The SMILES string of the molecule is CC1CCN(c2ccc(NC(=O)CCc3ccccn3)cc2)CC1. The number of amides is 1. The molecule has 0 aliphatic carbocycles. The van der Waals surface area contributed by atoms with Crippen molar-refractivity contribution in [2.45, 2.75) is 32.6 Å². The van der Waals surface area contributed by atoms with Crippen molar-refractivity contribution in [1.29, 1.82) is 0 Å². The highest BCUT2D eigenvalue weighted by molar-refractivity contribution is 5.91. The summed E-state index contributed by atoms with van der Waals surface area (Å²) < 4.78 is 0. The minimum absolute atomic E-state index is 0.0280. The molecule has 1 N–H and O–H groups in total. The third-order valence-corrected chi connectivity index (χ3v) is 4.63. The van der Waals surface area contributed by atoms with Gasteiger partial charge in [-0.05, 0) is 61.6 Å². The van der Waals surface area contributed by atoms with Crippen LogP contribution in [-0.4, -0.2) is 24.0 Å². The van der Waals surface area contributed by atoms with Crippen molar-refractivity contribution < 1.29 is 4.79 Å². The molecule has 126 valence electrons. The van der Waals surface area contributed by atoms with E-state index in [4.69, 9.17) is 0 Å². The number of aromatic nitrogens is 1. The number of hydrogen-bond donors (Lipinski definition) is 1. The van der Waals surface area contributed by atoms with Crippen molar-refractivity contribution in [3.8, 4) is 0 Å². The van der Waals surface area contributed by atoms with Gasteiger partial charge in [0.1, 0.15) is 0 Å². The molecule has 0 radical (unpaired) electrons. The molecule has 0 bridgehead atoms. The molecule has 0 saturated carbocycles. The van der Waals surface area contributed by atoms with E-state index < -0.39 is 0 Å². The highest BCUT2D eigenvalue weighted by Gasteiger charge is 2.15. The van der Waals surface area contributed by atoms with Gasteiger partial charge in [-0.3, -0.25) is 9.78 Å². The first-order valence-corrected chi connectivity index (χ1v) is 8.75. The highest BCUT2D eigenvalue weighted by atomic mass is 16.1. The molecule has 3 rings (SSSR count). The van der Waals surface area contributed by atoms with Gasteiger partial charge in [-0.2, -0.15) is 0 Å². The molecule has 2 heterocycles. The van der Waals surface area contributed by atoms with Gasteiger partial charge in [0.15, 0.2) is 0 Å². The standard InChI is InChI=1S/C20H25N3O/c1-16-11-14-23(15-12-16)19-8-5-18(6-9-19)22-20(24)10-7-17-4-2-3-13-21-17/h2-6,8-9,13,16H,7,10-12,14-15H2,1H3,(H,22,24). The monoisotopic (exact) mass is 323 g/mol. The molecule has 1 amide bonds. The van der Waals surface area contributed by atoms with E-state index in [9.17, 15) is 4.79 Å². The molecule has 1 aliphatic heterocycles. The number of benzene rings is 1. The van der Waals surface area contributed by atoms with Gasteiger partial charge in [0.05, 0.1) is 0 Å². The fourth-order valence-electron chi connectivity index (χ4n) is 3.03. The van der Waals surface area contributed by atoms with Crippen LogP contribution in [0, 0.1) is 5.92 Å². The van der Waals surface area contributed by atoms with Crippen LogP contribution in [0.3, 0.4) is 0 Å². The van der Waals surface area contributed by atoms with Crippen LogP contribution in [0.25, 0.3) is 0 Å². The summed E-state index contributed by atoms with van der Waals surface area (Å²) in [7, 11) is 0. The van der Waals surface area contributed by atoms with Gasteiger partial charge >= 0.3 is 0 Å². The second-order valence-corrected chi connectivity index (χ2v) is 6.59. The number of carbonyl (C=O) groups is 1. The summed E-state index contributed by atoms with van der Waals surface area (Å²) in [6, 6.07) is 14.0. The zero-order valence-corrected chi connectivity index (χ0v) is 14.2. The summed E-state index contributed by atoms with van der Waals surface area (Å²) in [4.78, 5) is 18.7. The Balaban J connectivity index is 1.49. The predicted molar refractivity (Wildman–Crippen MR) is 98.2 cm³/mol. The number of anilines is 2. The van der Waals surface area contributed by atoms with Gasteiger partial charge in [0, 0.05) is 42.8 Å². The zero-order chi connectivity index (χ0) is 16.8. The zero-order valence-electron chi connectivity index (χ0n) is 14.2. The molecule has 1 saturated heterocycles. The van der Waals surface area contributed by atoms with Crippen LogP contribution >= 0.6 is 0 Å². The summed E-state index contributed by atoms with van der Waals surface area (Å²) in [6.07, 6.45) is 5.38. The molecule has 1 aromatic heterocycles. The average Bonchev–Trinajstić information content (AvgIpc) is 2.62. The van der Waals surface area contributed by atoms with Gasteiger partial charge in [0.2, 0.25) is 5.91 Å². The Morgan fingerprint density at radius 3 is 2.58 bits per heavy atom. The Morgan fingerprint density at radius 1 is 1.17 bits per heavy atom. The van der Waals surface area contributed by atoms with E-state index in [-0.39, 0.29) is 5.91 Å². The van der Waals surface area contributed by atoms with E-state index >= 15 is 0 Å². The average molecular weight is 323 g/mol. The minimum Gasteiger partial charge on any atom is -0.372 e. The number of piperidine rings is 1. The second kappa shape index (κ2) is 7.95. The largest absolute Gasteiger partial charge is 0.372 e. The minimum atomic E-state index is 0.0280. The fraction of sp³-hybridized carbons (Fsp3) is 0.400. The van der Waals surface area contributed by atoms with E-state index in [2.05, 4.69) is 34.3 Å². The van der Waals surface area contributed by atoms with Gasteiger partial charge in [-0.1, -0.05) is 13.0 Å². The number of pyridine rings is 1. The highest BCUT2D eigenvalue weighted by Crippen LogP contribution is 2.24. The van der Waals surface area contributed by atoms with Gasteiger partial charge in [-0.25, -0.2) is 0 Å². The lowest BCUT2D eigenvalue weighted by Crippen LogP contribution is -2.32. The maximum absolute atomic E-state index is 12.1. The summed E-state index contributed by atoms with van der Waals surface area (Å²) in [5.41, 5.74) is 3.05. The van der Waals surface area contributed by atoms with Crippen LogP contribution in [0.2, 0.25) is 0 Å². The predicted octanol–water partition coefficient (Wildman–Crippen LogP) is 3.89. The van der Waals surface area contributed by atoms with Crippen molar-refractivity contribution in [3.63, 3.8) is 0 Å². The maximum Gasteiger partial charge on any atom is 0.224 e. The van der Waals surface area contributed by atoms with E-state index in [1.807, 2.05) is 30.3 Å². The normalized spacial score (nSPS) is 15.3. The quantitative estimate of drug-likeness (QED) is 0.908. The molecule has 0 unspecified atom stereocenters. The number of carbonyl (C=O) groups excluding carboxylic acids is 1. The molecule has 0 atom stereocenters. The van der Waals surface area contributed by atoms with Crippen LogP contribution in [-0.2, 0) is 11.2 Å². The Kier molecular flexibility index (Phi) is 5.47. The molecule has 0 spiro atoms. The number of nitrogens with zero attached hydrogens (tertiary/aromatic N) is 2. The first-order chi connectivity index (χ1) is 11.7. The number of aryl methyl sites for hydroxylation is 1. The van der Waals surface area contributed by atoms with Crippen LogP contribution in [0.5, 0.6) is 0 Å². The molecule has 1 aromatic carbocycles. The summed E-state index contributed by atoms with van der Waals surface area (Å²) >= 11 is 0. The molecule has 1 fully saturated rings. The van der Waals surface area contributed by atoms with Crippen LogP contribution in [0.15, 0.2) is 48.7 Å². The van der Waals surface area contributed by atoms with Crippen molar-refractivity contribution in [1.82, 2.24) is 4.98 Å². The van der Waals surface area contributed by atoms with Crippen LogP contribution in [0.4, 0.5) is 11.4 Å². The van der Waals surface area contributed by atoms with Crippen LogP contribution < -0.4 is 10.2 Å². The van der Waals surface area contributed by atoms with Gasteiger partial charge in [-0.15, -0.1) is 0 Å². The maximum atomic E-state index is 12.1. The second-order valence-electron chi connectivity index (χ2n) is 6.59. The first-order valence-electron chi connectivity index (χ1n) is 8.75. The van der Waals surface area contributed by atoms with Crippen molar-refractivity contribution >= 4 is 17.3 Å². The fourth-order valence-corrected chi connectivity index (χ4v) is 3.03. The molecule has 4 nitrogen and oxygen atoms in total. The number of rotatable bonds is 5. The third kappa shape index (κ3) is 4.57. The van der Waals surface area contributed by atoms with E-state index in [1.54, 1.807) is 6.20 Å². The number of hydrogen-bond acceptors (Lipinski definition) is 3. The molecular formula is C20H25N3O. The lowest BCUT2D eigenvalue weighted by atomic mass is 9.99. The van der Waals surface area contributed by atoms with Gasteiger partial charge < -0.3 is 10.2 Å². The van der Waals surface area contributed by atoms with E-state index in [1.165, 1.54) is 18.5 Å². The molecule has 1 aliphatic rings. The summed E-state index contributed by atoms with van der Waals surface area (Å²) in [6.45, 7) is 4.56. The van der Waals surface area contributed by atoms with Crippen molar-refractivity contribution in [2.24, 2.45) is 5.92 Å². The van der Waals surface area contributed by atoms with Crippen molar-refractivity contribution in [2.75, 3.05) is 23.3 Å².